The Labute approximate surface area is 233 Å². The number of halogens is 4. The third-order valence-electron chi connectivity index (χ3n) is 7.68. The van der Waals surface area contributed by atoms with Crippen LogP contribution in [0.4, 0.5) is 23.4 Å². The predicted octanol–water partition coefficient (Wildman–Crippen LogP) is 5.45. The fourth-order valence-electron chi connectivity index (χ4n) is 5.67. The number of rotatable bonds is 6. The van der Waals surface area contributed by atoms with E-state index in [2.05, 4.69) is 10.4 Å². The van der Waals surface area contributed by atoms with E-state index in [1.807, 2.05) is 6.07 Å². The molecule has 3 atom stereocenters. The van der Waals surface area contributed by atoms with Gasteiger partial charge in [0.25, 0.3) is 11.8 Å². The highest BCUT2D eigenvalue weighted by molar-refractivity contribution is 6.05. The Hall–Kier alpha value is -4.25. The summed E-state index contributed by atoms with van der Waals surface area (Å²) in [5.41, 5.74) is -0.797. The van der Waals surface area contributed by atoms with Crippen LogP contribution >= 0.6 is 0 Å². The van der Waals surface area contributed by atoms with Crippen molar-refractivity contribution < 1.29 is 32.3 Å². The Kier molecular flexibility index (Phi) is 7.33. The van der Waals surface area contributed by atoms with E-state index in [4.69, 9.17) is 0 Å². The Bertz CT molecular complexity index is 1550. The van der Waals surface area contributed by atoms with Crippen LogP contribution in [0.3, 0.4) is 0 Å². The van der Waals surface area contributed by atoms with E-state index in [1.165, 1.54) is 23.1 Å². The summed E-state index contributed by atoms with van der Waals surface area (Å²) in [7, 11) is 0. The fraction of sp³-hybridized carbons (Fsp3) is 0.300. The van der Waals surface area contributed by atoms with Crippen LogP contribution in [0.1, 0.15) is 53.4 Å². The summed E-state index contributed by atoms with van der Waals surface area (Å²) in [4.78, 5) is 29.0. The summed E-state index contributed by atoms with van der Waals surface area (Å²) < 4.78 is 55.7. The maximum Gasteiger partial charge on any atom is 0.416 e. The van der Waals surface area contributed by atoms with Gasteiger partial charge in [-0.15, -0.1) is 0 Å². The largest absolute Gasteiger partial charge is 0.416 e. The molecule has 1 aliphatic heterocycles. The van der Waals surface area contributed by atoms with Crippen LogP contribution < -0.4 is 10.2 Å². The lowest BCUT2D eigenvalue weighted by molar-refractivity contribution is -0.137. The van der Waals surface area contributed by atoms with Crippen molar-refractivity contribution in [1.82, 2.24) is 15.1 Å². The third-order valence-corrected chi connectivity index (χ3v) is 7.68. The Morgan fingerprint density at radius 2 is 1.90 bits per heavy atom. The number of fused-ring (bicyclic) bond motifs is 1. The number of carbonyl (C=O) groups is 2. The summed E-state index contributed by atoms with van der Waals surface area (Å²) in [6.45, 7) is 3.25. The first-order valence-electron chi connectivity index (χ1n) is 13.1. The van der Waals surface area contributed by atoms with Crippen molar-refractivity contribution in [3.63, 3.8) is 0 Å². The molecule has 0 radical (unpaired) electrons. The lowest BCUT2D eigenvalue weighted by Crippen LogP contribution is -2.58. The molecule has 2 aromatic carbocycles. The number of aromatic nitrogens is 2. The average Bonchev–Trinajstić information content (AvgIpc) is 3.34. The molecule has 1 aliphatic carbocycles. The lowest BCUT2D eigenvalue weighted by Gasteiger charge is -2.46. The predicted molar refractivity (Wildman–Crippen MR) is 144 cm³/mol. The van der Waals surface area contributed by atoms with Crippen LogP contribution in [0.5, 0.6) is 0 Å². The van der Waals surface area contributed by atoms with Gasteiger partial charge in [-0.2, -0.15) is 18.3 Å². The van der Waals surface area contributed by atoms with Gasteiger partial charge >= 0.3 is 6.18 Å². The second-order valence-corrected chi connectivity index (χ2v) is 10.3. The van der Waals surface area contributed by atoms with Gasteiger partial charge in [0, 0.05) is 23.6 Å². The van der Waals surface area contributed by atoms with Crippen molar-refractivity contribution in [2.45, 2.75) is 45.0 Å². The molecule has 11 heteroatoms. The molecule has 0 fully saturated rings. The smallest absolute Gasteiger partial charge is 0.390 e. The zero-order chi connectivity index (χ0) is 29.5. The maximum absolute atomic E-state index is 14.2. The molecule has 0 saturated carbocycles. The van der Waals surface area contributed by atoms with Gasteiger partial charge in [-0.25, -0.2) is 9.07 Å². The monoisotopic (exact) mass is 568 g/mol. The number of anilines is 1. The lowest BCUT2D eigenvalue weighted by atomic mass is 9.64. The molecule has 41 heavy (non-hydrogen) atoms. The number of alkyl halides is 3. The van der Waals surface area contributed by atoms with Crippen molar-refractivity contribution in [2.24, 2.45) is 5.41 Å². The second kappa shape index (κ2) is 10.6. The minimum atomic E-state index is -4.66. The molecule has 2 aliphatic rings. The number of aliphatic hydroxyl groups is 1. The minimum Gasteiger partial charge on any atom is -0.390 e. The molecule has 1 aromatic heterocycles. The SMILES string of the molecule is CCN1C(=O)[C@H](NC(=O)c2cccc(C(F)(F)F)c2)[C@H](C2(C)C=CC(F)=CC2)c2c(CO)nn(-c3ccccc3)c21. The first kappa shape index (κ1) is 28.3. The van der Waals surface area contributed by atoms with Crippen molar-refractivity contribution in [3.05, 3.63) is 101 Å². The van der Waals surface area contributed by atoms with Crippen LogP contribution in [-0.2, 0) is 17.6 Å². The third kappa shape index (κ3) is 5.06. The van der Waals surface area contributed by atoms with Crippen LogP contribution in [0.15, 0.2) is 78.7 Å². The van der Waals surface area contributed by atoms with E-state index in [0.29, 0.717) is 17.1 Å². The molecular formula is C30H28F4N4O3. The van der Waals surface area contributed by atoms with Gasteiger partial charge < -0.3 is 10.4 Å². The number of likely N-dealkylation sites (N-methyl/N-ethyl adjacent to an activating group) is 1. The van der Waals surface area contributed by atoms with Crippen molar-refractivity contribution in [3.8, 4) is 5.69 Å². The number of hydrogen-bond acceptors (Lipinski definition) is 4. The molecule has 7 nitrogen and oxygen atoms in total. The van der Waals surface area contributed by atoms with Crippen LogP contribution in [-0.4, -0.2) is 39.3 Å². The maximum atomic E-state index is 14.2. The average molecular weight is 569 g/mol. The molecule has 3 aromatic rings. The van der Waals surface area contributed by atoms with Gasteiger partial charge in [0.1, 0.15) is 17.7 Å². The molecular weight excluding hydrogens is 540 g/mol. The summed E-state index contributed by atoms with van der Waals surface area (Å²) in [6, 6.07) is 11.7. The van der Waals surface area contributed by atoms with Gasteiger partial charge in [0.2, 0.25) is 0 Å². The highest BCUT2D eigenvalue weighted by atomic mass is 19.4. The standard InChI is InChI=1S/C30H28F4N4O3/c1-3-37-27-23(22(17-39)36-38(27)21-10-5-4-6-11-21)24(29(2)14-12-20(31)13-15-29)25(28(37)41)35-26(40)18-8-7-9-19(16-18)30(32,33)34/h4-14,16,24-25,39H,3,15,17H2,1-2H3,(H,35,40)/t24-,25-,29?/m1/s1. The minimum absolute atomic E-state index is 0.163. The van der Waals surface area contributed by atoms with E-state index in [1.54, 1.807) is 48.9 Å². The number of allylic oxidation sites excluding steroid dienone is 4. The molecule has 5 rings (SSSR count). The molecule has 1 unspecified atom stereocenters. The summed E-state index contributed by atoms with van der Waals surface area (Å²) in [5.74, 6) is -2.26. The first-order chi connectivity index (χ1) is 19.5. The molecule has 0 spiro atoms. The van der Waals surface area contributed by atoms with E-state index >= 15 is 0 Å². The van der Waals surface area contributed by atoms with E-state index in [0.717, 1.165) is 18.2 Å². The molecule has 2 amide bonds. The summed E-state index contributed by atoms with van der Waals surface area (Å²) in [5, 5.41) is 17.7. The van der Waals surface area contributed by atoms with Crippen LogP contribution in [0.25, 0.3) is 5.69 Å². The van der Waals surface area contributed by atoms with Crippen LogP contribution in [0, 0.1) is 5.41 Å². The molecule has 0 bridgehead atoms. The quantitative estimate of drug-likeness (QED) is 0.387. The van der Waals surface area contributed by atoms with E-state index in [9.17, 15) is 32.3 Å². The number of carbonyl (C=O) groups excluding carboxylic acids is 2. The molecule has 0 saturated heterocycles. The second-order valence-electron chi connectivity index (χ2n) is 10.3. The number of hydrogen-bond donors (Lipinski definition) is 2. The van der Waals surface area contributed by atoms with Gasteiger partial charge in [-0.05, 0) is 61.2 Å². The number of nitrogens with one attached hydrogen (secondary N) is 1. The van der Waals surface area contributed by atoms with E-state index < -0.39 is 53.4 Å². The number of aliphatic hydroxyl groups excluding tert-OH is 1. The zero-order valence-electron chi connectivity index (χ0n) is 22.3. The molecule has 2 heterocycles. The normalized spacial score (nSPS) is 22.4. The molecule has 2 N–H and O–H groups in total. The number of amides is 2. The Morgan fingerprint density at radius 3 is 2.51 bits per heavy atom. The van der Waals surface area contributed by atoms with Gasteiger partial charge in [-0.1, -0.05) is 37.3 Å². The van der Waals surface area contributed by atoms with Gasteiger partial charge in [-0.3, -0.25) is 14.5 Å². The number of para-hydroxylation sites is 1. The number of nitrogens with zero attached hydrogens (tertiary/aromatic N) is 3. The first-order valence-corrected chi connectivity index (χ1v) is 13.1. The van der Waals surface area contributed by atoms with Crippen molar-refractivity contribution in [2.75, 3.05) is 11.4 Å². The van der Waals surface area contributed by atoms with E-state index in [-0.39, 0.29) is 24.2 Å². The Balaban J connectivity index is 1.68. The van der Waals surface area contributed by atoms with Crippen molar-refractivity contribution >= 4 is 17.6 Å². The van der Waals surface area contributed by atoms with Crippen molar-refractivity contribution in [1.29, 1.82) is 0 Å². The zero-order valence-corrected chi connectivity index (χ0v) is 22.3. The number of benzene rings is 2. The topological polar surface area (TPSA) is 87.5 Å². The van der Waals surface area contributed by atoms with Crippen LogP contribution in [0.2, 0.25) is 0 Å². The highest BCUT2D eigenvalue weighted by Crippen LogP contribution is 2.52. The van der Waals surface area contributed by atoms with Gasteiger partial charge in [0.15, 0.2) is 0 Å². The Morgan fingerprint density at radius 1 is 1.17 bits per heavy atom. The highest BCUT2D eigenvalue weighted by Gasteiger charge is 2.52. The molecule has 214 valence electrons. The summed E-state index contributed by atoms with van der Waals surface area (Å²) >= 11 is 0. The summed E-state index contributed by atoms with van der Waals surface area (Å²) in [6.07, 6.45) is -0.216. The van der Waals surface area contributed by atoms with Gasteiger partial charge in [0.05, 0.1) is 23.6 Å². The fourth-order valence-corrected chi connectivity index (χ4v) is 5.67.